The van der Waals surface area contributed by atoms with Crippen LogP contribution in [0.2, 0.25) is 0 Å². The Morgan fingerprint density at radius 2 is 0.775 bits per heavy atom. The van der Waals surface area contributed by atoms with Crippen LogP contribution in [0.4, 0.5) is 0 Å². The van der Waals surface area contributed by atoms with Crippen LogP contribution in [0.5, 0.6) is 11.5 Å². The third kappa shape index (κ3) is 5.13. The van der Waals surface area contributed by atoms with E-state index < -0.39 is 5.41 Å². The van der Waals surface area contributed by atoms with Crippen LogP contribution in [0.25, 0.3) is 105 Å². The SMILES string of the molecule is c1cnc2c(c1)C1(c3cc(-c4ccc5c(c4)c4ccccc4n5-c4ccc(-n5c6ccccc6c6ccccc65)nc4)ccc3Oc3ccc(-n4c5ccccc5c5ccccc54)cc31)c1cccnc1-2. The summed E-state index contributed by atoms with van der Waals surface area (Å²) in [5.41, 5.74) is 16.4. The molecule has 71 heavy (non-hydrogen) atoms. The van der Waals surface area contributed by atoms with E-state index in [9.17, 15) is 0 Å². The van der Waals surface area contributed by atoms with Crippen LogP contribution < -0.4 is 4.74 Å². The number of hydrogen-bond donors (Lipinski definition) is 0. The highest BCUT2D eigenvalue weighted by Gasteiger charge is 2.52. The van der Waals surface area contributed by atoms with E-state index >= 15 is 0 Å². The molecule has 1 aliphatic heterocycles. The number of nitrogens with zero attached hydrogens (tertiary/aromatic N) is 6. The second-order valence-corrected chi connectivity index (χ2v) is 18.7. The highest BCUT2D eigenvalue weighted by Crippen LogP contribution is 2.62. The maximum absolute atomic E-state index is 7.03. The highest BCUT2D eigenvalue weighted by atomic mass is 16.5. The second kappa shape index (κ2) is 14.2. The minimum Gasteiger partial charge on any atom is -0.457 e. The number of aromatic nitrogens is 6. The summed E-state index contributed by atoms with van der Waals surface area (Å²) in [5.74, 6) is 2.51. The van der Waals surface area contributed by atoms with Crippen molar-refractivity contribution in [2.24, 2.45) is 0 Å². The van der Waals surface area contributed by atoms with Gasteiger partial charge in [0.1, 0.15) is 17.3 Å². The summed E-state index contributed by atoms with van der Waals surface area (Å²) >= 11 is 0. The number of benzene rings is 8. The van der Waals surface area contributed by atoms with Gasteiger partial charge in [-0.25, -0.2) is 4.98 Å². The molecule has 0 bridgehead atoms. The third-order valence-corrected chi connectivity index (χ3v) is 15.3. The lowest BCUT2D eigenvalue weighted by Gasteiger charge is -2.39. The minimum absolute atomic E-state index is 0.778. The summed E-state index contributed by atoms with van der Waals surface area (Å²) in [6, 6.07) is 76.3. The van der Waals surface area contributed by atoms with Gasteiger partial charge in [0.25, 0.3) is 0 Å². The Labute approximate surface area is 406 Å². The van der Waals surface area contributed by atoms with Crippen LogP contribution in [0.15, 0.2) is 231 Å². The maximum atomic E-state index is 7.03. The molecule has 2 aliphatic rings. The van der Waals surface area contributed by atoms with E-state index in [0.717, 1.165) is 107 Å². The smallest absolute Gasteiger partial charge is 0.137 e. The quantitative estimate of drug-likeness (QED) is 0.176. The Balaban J connectivity index is 0.872. The predicted molar refractivity (Wildman–Crippen MR) is 286 cm³/mol. The molecule has 14 aromatic rings. The monoisotopic (exact) mass is 906 g/mol. The lowest BCUT2D eigenvalue weighted by atomic mass is 9.66. The van der Waals surface area contributed by atoms with E-state index in [1.165, 1.54) is 32.3 Å². The van der Waals surface area contributed by atoms with E-state index in [1.54, 1.807) is 0 Å². The standard InChI is InChI=1S/C64H38N6O/c1-6-20-53-43(13-1)44-14-2-7-21-54(44)68(53)41-27-31-60-52(37-41)64(49-18-11-33-65-62(49)63-50(64)19-12-34-66-63)51-36-40(26-30-59(51)71-60)39-25-29-58-48(35-39)47-17-5-8-22-55(47)69(58)42-28-32-61(67-38-42)70-56-23-9-3-15-45(56)46-16-4-10-24-57(46)70/h1-38H. The van der Waals surface area contributed by atoms with Crippen molar-refractivity contribution in [1.82, 2.24) is 28.7 Å². The number of pyridine rings is 3. The van der Waals surface area contributed by atoms with Crippen molar-refractivity contribution >= 4 is 65.4 Å². The van der Waals surface area contributed by atoms with Crippen molar-refractivity contribution in [3.8, 4) is 51.2 Å². The highest BCUT2D eigenvalue weighted by molar-refractivity contribution is 6.12. The molecule has 7 heterocycles. The summed E-state index contributed by atoms with van der Waals surface area (Å²) < 4.78 is 14.0. The van der Waals surface area contributed by atoms with Crippen LogP contribution in [0.1, 0.15) is 22.3 Å². The van der Waals surface area contributed by atoms with Crippen LogP contribution in [0, 0.1) is 0 Å². The van der Waals surface area contributed by atoms with Gasteiger partial charge in [-0.2, -0.15) is 0 Å². The molecule has 8 aromatic carbocycles. The first-order valence-corrected chi connectivity index (χ1v) is 24.1. The van der Waals surface area contributed by atoms with Gasteiger partial charge in [0, 0.05) is 61.5 Å². The summed E-state index contributed by atoms with van der Waals surface area (Å²) in [4.78, 5) is 15.2. The fourth-order valence-corrected chi connectivity index (χ4v) is 12.4. The van der Waals surface area contributed by atoms with Gasteiger partial charge in [0.05, 0.1) is 61.8 Å². The lowest BCUT2D eigenvalue weighted by Crippen LogP contribution is -2.32. The molecule has 0 N–H and O–H groups in total. The van der Waals surface area contributed by atoms with E-state index in [0.29, 0.717) is 0 Å². The number of hydrogen-bond acceptors (Lipinski definition) is 4. The summed E-state index contributed by atoms with van der Waals surface area (Å²) in [7, 11) is 0. The van der Waals surface area contributed by atoms with Gasteiger partial charge in [-0.15, -0.1) is 0 Å². The van der Waals surface area contributed by atoms with Crippen molar-refractivity contribution in [2.45, 2.75) is 5.41 Å². The largest absolute Gasteiger partial charge is 0.457 e. The van der Waals surface area contributed by atoms with Crippen molar-refractivity contribution in [1.29, 1.82) is 0 Å². The van der Waals surface area contributed by atoms with Gasteiger partial charge in [0.2, 0.25) is 0 Å². The molecule has 0 atom stereocenters. The summed E-state index contributed by atoms with van der Waals surface area (Å²) in [5, 5.41) is 7.22. The molecule has 6 aromatic heterocycles. The Morgan fingerprint density at radius 1 is 0.324 bits per heavy atom. The normalized spacial score (nSPS) is 13.3. The zero-order chi connectivity index (χ0) is 46.4. The van der Waals surface area contributed by atoms with Gasteiger partial charge in [-0.1, -0.05) is 115 Å². The minimum atomic E-state index is -0.778. The Hall–Kier alpha value is -9.59. The van der Waals surface area contributed by atoms with Crippen molar-refractivity contribution < 1.29 is 4.74 Å². The lowest BCUT2D eigenvalue weighted by molar-refractivity contribution is 0.436. The molecule has 16 rings (SSSR count). The third-order valence-electron chi connectivity index (χ3n) is 15.3. The molecule has 0 fully saturated rings. The topological polar surface area (TPSA) is 62.7 Å². The van der Waals surface area contributed by atoms with Crippen molar-refractivity contribution in [2.75, 3.05) is 0 Å². The summed E-state index contributed by atoms with van der Waals surface area (Å²) in [6.07, 6.45) is 5.77. The molecule has 0 unspecified atom stereocenters. The Morgan fingerprint density at radius 3 is 1.34 bits per heavy atom. The molecule has 1 spiro atoms. The number of ether oxygens (including phenoxy) is 1. The van der Waals surface area contributed by atoms with E-state index in [1.807, 2.05) is 18.6 Å². The first kappa shape index (κ1) is 38.4. The zero-order valence-electron chi connectivity index (χ0n) is 38.0. The summed E-state index contributed by atoms with van der Waals surface area (Å²) in [6.45, 7) is 0. The number of fused-ring (bicyclic) bond motifs is 18. The zero-order valence-corrected chi connectivity index (χ0v) is 38.0. The van der Waals surface area contributed by atoms with Crippen molar-refractivity contribution in [3.63, 3.8) is 0 Å². The number of para-hydroxylation sites is 5. The van der Waals surface area contributed by atoms with Crippen LogP contribution in [-0.4, -0.2) is 28.7 Å². The molecule has 0 radical (unpaired) electrons. The van der Waals surface area contributed by atoms with Gasteiger partial charge in [-0.05, 0) is 119 Å². The van der Waals surface area contributed by atoms with Gasteiger partial charge >= 0.3 is 0 Å². The van der Waals surface area contributed by atoms with Crippen LogP contribution in [0.3, 0.4) is 0 Å². The molecule has 7 nitrogen and oxygen atoms in total. The van der Waals surface area contributed by atoms with E-state index in [-0.39, 0.29) is 0 Å². The maximum Gasteiger partial charge on any atom is 0.137 e. The van der Waals surface area contributed by atoms with E-state index in [2.05, 4.69) is 226 Å². The second-order valence-electron chi connectivity index (χ2n) is 18.7. The van der Waals surface area contributed by atoms with Gasteiger partial charge in [-0.3, -0.25) is 14.5 Å². The van der Waals surface area contributed by atoms with Crippen LogP contribution in [-0.2, 0) is 5.41 Å². The number of rotatable bonds is 4. The fourth-order valence-electron chi connectivity index (χ4n) is 12.4. The van der Waals surface area contributed by atoms with E-state index in [4.69, 9.17) is 19.7 Å². The molecule has 0 saturated carbocycles. The first-order valence-electron chi connectivity index (χ1n) is 24.1. The molecule has 0 amide bonds. The first-order chi connectivity index (χ1) is 35.2. The van der Waals surface area contributed by atoms with Crippen molar-refractivity contribution in [3.05, 3.63) is 253 Å². The fraction of sp³-hybridized carbons (Fsp3) is 0.0156. The molecule has 330 valence electrons. The predicted octanol–water partition coefficient (Wildman–Crippen LogP) is 15.3. The average Bonchev–Trinajstić information content (AvgIpc) is 4.15. The molecule has 7 heteroatoms. The molecule has 1 aliphatic carbocycles. The Bertz CT molecular complexity index is 4420. The Kier molecular flexibility index (Phi) is 7.69. The molecular weight excluding hydrogens is 869 g/mol. The van der Waals surface area contributed by atoms with Crippen LogP contribution >= 0.6 is 0 Å². The van der Waals surface area contributed by atoms with Gasteiger partial charge in [0.15, 0.2) is 0 Å². The average molecular weight is 907 g/mol. The molecule has 0 saturated heterocycles. The molecular formula is C64H38N6O. The van der Waals surface area contributed by atoms with Gasteiger partial charge < -0.3 is 13.9 Å².